The maximum Gasteiger partial charge on any atom is 0.528 e. The molecule has 0 atom stereocenters. The van der Waals surface area contributed by atoms with E-state index in [1.165, 1.54) is 19.3 Å². The van der Waals surface area contributed by atoms with Crippen molar-refractivity contribution in [3.8, 4) is 5.75 Å². The first-order chi connectivity index (χ1) is 15.4. The fraction of sp³-hybridized carbons (Fsp3) is 0.409. The molecule has 2 heterocycles. The van der Waals surface area contributed by atoms with Crippen molar-refractivity contribution in [1.29, 1.82) is 0 Å². The second-order valence-corrected chi connectivity index (χ2v) is 8.28. The molecule has 0 unspecified atom stereocenters. The number of benzene rings is 1. The summed E-state index contributed by atoms with van der Waals surface area (Å²) in [6.45, 7) is 1.82. The van der Waals surface area contributed by atoms with Crippen LogP contribution in [0.15, 0.2) is 34.9 Å². The Bertz CT molecular complexity index is 1060. The average Bonchev–Trinajstić information content (AvgIpc) is 3.19. The summed E-state index contributed by atoms with van der Waals surface area (Å²) in [4.78, 5) is 26.5. The Morgan fingerprint density at radius 2 is 1.84 bits per heavy atom. The summed E-state index contributed by atoms with van der Waals surface area (Å²) < 4.78 is 10.4. The fourth-order valence-electron chi connectivity index (χ4n) is 3.43. The van der Waals surface area contributed by atoms with Gasteiger partial charge in [0.25, 0.3) is 0 Å². The lowest BCUT2D eigenvalue weighted by molar-refractivity contribution is 0.170. The van der Waals surface area contributed by atoms with Crippen LogP contribution in [0.5, 0.6) is 5.75 Å². The van der Waals surface area contributed by atoms with Crippen LogP contribution in [0.2, 0.25) is 0 Å². The topological polar surface area (TPSA) is 115 Å². The number of amides is 1. The lowest BCUT2D eigenvalue weighted by Gasteiger charge is -2.25. The van der Waals surface area contributed by atoms with Gasteiger partial charge in [0.15, 0.2) is 0 Å². The van der Waals surface area contributed by atoms with Crippen LogP contribution in [0.3, 0.4) is 0 Å². The van der Waals surface area contributed by atoms with E-state index >= 15 is 0 Å². The molecule has 0 spiro atoms. The predicted octanol–water partition coefficient (Wildman–Crippen LogP) is 4.22. The Hall–Kier alpha value is -3.53. The highest BCUT2D eigenvalue weighted by Gasteiger charge is 2.37. The molecule has 3 aromatic rings. The van der Waals surface area contributed by atoms with Crippen LogP contribution < -0.4 is 19.9 Å². The minimum absolute atomic E-state index is 0.226. The Labute approximate surface area is 186 Å². The molecule has 2 aromatic heterocycles. The number of carbonyl (C=O) groups is 1. The Morgan fingerprint density at radius 3 is 2.53 bits per heavy atom. The van der Waals surface area contributed by atoms with Crippen LogP contribution in [0.25, 0.3) is 0 Å². The van der Waals surface area contributed by atoms with Gasteiger partial charge in [-0.05, 0) is 38.0 Å². The Morgan fingerprint density at radius 1 is 1.12 bits per heavy atom. The summed E-state index contributed by atoms with van der Waals surface area (Å²) in [5.74, 6) is 1.69. The van der Waals surface area contributed by atoms with E-state index in [1.54, 1.807) is 44.4 Å². The molecule has 1 amide bonds. The highest BCUT2D eigenvalue weighted by atomic mass is 16.6. The summed E-state index contributed by atoms with van der Waals surface area (Å²) in [5.41, 5.74) is 0.724. The number of quaternary nitrogens is 1. The van der Waals surface area contributed by atoms with E-state index in [1.807, 2.05) is 6.92 Å². The predicted molar refractivity (Wildman–Crippen MR) is 120 cm³/mol. The third-order valence-electron chi connectivity index (χ3n) is 5.27. The lowest BCUT2D eigenvalue weighted by atomic mass is 9.96. The third kappa shape index (κ3) is 5.20. The summed E-state index contributed by atoms with van der Waals surface area (Å²) in [7, 11) is 3.33. The number of hydrogen-bond donors (Lipinski definition) is 2. The summed E-state index contributed by atoms with van der Waals surface area (Å²) in [6, 6.07) is 11.6. The van der Waals surface area contributed by atoms with E-state index < -0.39 is 6.09 Å². The van der Waals surface area contributed by atoms with Crippen molar-refractivity contribution in [1.82, 2.24) is 24.6 Å². The maximum absolute atomic E-state index is 13.0. The summed E-state index contributed by atoms with van der Waals surface area (Å²) >= 11 is 0. The van der Waals surface area contributed by atoms with Gasteiger partial charge < -0.3 is 14.6 Å². The van der Waals surface area contributed by atoms with Crippen molar-refractivity contribution in [2.45, 2.75) is 45.1 Å². The minimum atomic E-state index is -0.535. The van der Waals surface area contributed by atoms with Gasteiger partial charge in [-0.2, -0.15) is 14.3 Å². The molecule has 32 heavy (non-hydrogen) atoms. The number of rotatable bonds is 6. The van der Waals surface area contributed by atoms with Gasteiger partial charge in [0, 0.05) is 12.1 Å². The molecular weight excluding hydrogens is 410 g/mol. The SMILES string of the molecule is Cc1cc(Nc2nc(NC3CCCCC3)nc([N+](C)(C)C(=O)Oc3cc[c]cc3)n2)on1. The van der Waals surface area contributed by atoms with Crippen molar-refractivity contribution >= 4 is 29.8 Å². The standard InChI is InChI=1S/C22H27N7O3/c1-15-14-18(32-28-15)24-20-25-19(23-16-10-6-4-7-11-16)26-21(27-20)29(2,3)22(30)31-17-12-8-5-9-13-17/h8-9,12-14,16H,4,6-7,10-11H2,1-3H3,(H2,23,24,25,26,27)/q+1. The molecule has 1 aromatic carbocycles. The van der Waals surface area contributed by atoms with Gasteiger partial charge in [-0.25, -0.2) is 0 Å². The Balaban J connectivity index is 1.62. The van der Waals surface area contributed by atoms with Gasteiger partial charge in [-0.1, -0.05) is 36.6 Å². The van der Waals surface area contributed by atoms with E-state index in [-0.39, 0.29) is 22.4 Å². The van der Waals surface area contributed by atoms with Crippen molar-refractivity contribution in [3.63, 3.8) is 0 Å². The minimum Gasteiger partial charge on any atom is -0.380 e. The Kier molecular flexibility index (Phi) is 6.31. The molecule has 167 valence electrons. The van der Waals surface area contributed by atoms with Gasteiger partial charge in [0.2, 0.25) is 17.8 Å². The zero-order chi connectivity index (χ0) is 22.6. The van der Waals surface area contributed by atoms with Crippen molar-refractivity contribution in [2.75, 3.05) is 24.7 Å². The number of ether oxygens (including phenoxy) is 1. The quantitative estimate of drug-likeness (QED) is 0.547. The monoisotopic (exact) mass is 437 g/mol. The third-order valence-corrected chi connectivity index (χ3v) is 5.27. The number of aromatic nitrogens is 4. The smallest absolute Gasteiger partial charge is 0.380 e. The largest absolute Gasteiger partial charge is 0.528 e. The van der Waals surface area contributed by atoms with Crippen LogP contribution in [0.1, 0.15) is 37.8 Å². The lowest BCUT2D eigenvalue weighted by Crippen LogP contribution is -2.49. The number of nitrogens with one attached hydrogen (secondary N) is 2. The molecule has 1 fully saturated rings. The van der Waals surface area contributed by atoms with E-state index in [0.29, 0.717) is 17.6 Å². The molecule has 1 radical (unpaired) electrons. The highest BCUT2D eigenvalue weighted by molar-refractivity contribution is 5.81. The van der Waals surface area contributed by atoms with Crippen LogP contribution in [0, 0.1) is 13.0 Å². The van der Waals surface area contributed by atoms with Gasteiger partial charge in [-0.15, -0.1) is 9.97 Å². The van der Waals surface area contributed by atoms with Crippen molar-refractivity contribution < 1.29 is 14.1 Å². The highest BCUT2D eigenvalue weighted by Crippen LogP contribution is 2.25. The molecule has 0 aliphatic heterocycles. The van der Waals surface area contributed by atoms with Gasteiger partial charge in [0.05, 0.1) is 19.8 Å². The summed E-state index contributed by atoms with van der Waals surface area (Å²) in [5, 5.41) is 10.3. The number of aryl methyl sites for hydroxylation is 1. The van der Waals surface area contributed by atoms with Crippen molar-refractivity contribution in [2.24, 2.45) is 0 Å². The average molecular weight is 438 g/mol. The fourth-order valence-corrected chi connectivity index (χ4v) is 3.43. The van der Waals surface area contributed by atoms with Gasteiger partial charge in [0.1, 0.15) is 5.75 Å². The van der Waals surface area contributed by atoms with Crippen LogP contribution >= 0.6 is 0 Å². The summed E-state index contributed by atoms with van der Waals surface area (Å²) in [6.07, 6.45) is 5.14. The molecule has 0 saturated heterocycles. The molecule has 1 aliphatic carbocycles. The first-order valence-electron chi connectivity index (χ1n) is 10.7. The van der Waals surface area contributed by atoms with Crippen LogP contribution in [-0.2, 0) is 0 Å². The zero-order valence-corrected chi connectivity index (χ0v) is 18.5. The van der Waals surface area contributed by atoms with Gasteiger partial charge in [-0.3, -0.25) is 5.32 Å². The number of carbonyl (C=O) groups excluding carboxylic acids is 1. The van der Waals surface area contributed by atoms with E-state index in [2.05, 4.69) is 36.8 Å². The molecule has 4 rings (SSSR count). The molecule has 10 heteroatoms. The molecule has 0 bridgehead atoms. The molecule has 2 N–H and O–H groups in total. The maximum atomic E-state index is 13.0. The molecule has 1 aliphatic rings. The van der Waals surface area contributed by atoms with E-state index in [0.717, 1.165) is 18.5 Å². The second-order valence-electron chi connectivity index (χ2n) is 8.28. The number of hydrogen-bond acceptors (Lipinski definition) is 9. The number of anilines is 3. The normalized spacial score (nSPS) is 14.7. The van der Waals surface area contributed by atoms with Gasteiger partial charge >= 0.3 is 12.0 Å². The zero-order valence-electron chi connectivity index (χ0n) is 18.5. The first kappa shape index (κ1) is 21.7. The van der Waals surface area contributed by atoms with E-state index in [4.69, 9.17) is 9.26 Å². The first-order valence-corrected chi connectivity index (χ1v) is 10.7. The van der Waals surface area contributed by atoms with Crippen molar-refractivity contribution in [3.05, 3.63) is 42.1 Å². The molecule has 1 saturated carbocycles. The molecule has 10 nitrogen and oxygen atoms in total. The van der Waals surface area contributed by atoms with Crippen LogP contribution in [0.4, 0.5) is 28.5 Å². The second kappa shape index (κ2) is 9.31. The number of nitrogens with zero attached hydrogens (tertiary/aromatic N) is 5. The molecular formula is C22H27N7O3+. The van der Waals surface area contributed by atoms with E-state index in [9.17, 15) is 4.79 Å². The van der Waals surface area contributed by atoms with Crippen LogP contribution in [-0.4, -0.2) is 46.3 Å².